The highest BCUT2D eigenvalue weighted by molar-refractivity contribution is 5.84. The molecule has 0 heterocycles. The summed E-state index contributed by atoms with van der Waals surface area (Å²) >= 11 is 0. The largest absolute Gasteiger partial charge is 0.480 e. The van der Waals surface area contributed by atoms with Crippen LogP contribution >= 0.6 is 0 Å². The van der Waals surface area contributed by atoms with Gasteiger partial charge in [0.2, 0.25) is 11.8 Å². The van der Waals surface area contributed by atoms with Crippen LogP contribution in [-0.2, 0) is 14.4 Å². The van der Waals surface area contributed by atoms with Gasteiger partial charge < -0.3 is 15.3 Å². The zero-order valence-corrected chi connectivity index (χ0v) is 28.9. The highest BCUT2D eigenvalue weighted by atomic mass is 16.4. The Morgan fingerprint density at radius 1 is 0.512 bits per heavy atom. The maximum Gasteiger partial charge on any atom is 0.326 e. The van der Waals surface area contributed by atoms with E-state index in [0.717, 1.165) is 58.0 Å². The van der Waals surface area contributed by atoms with Crippen LogP contribution in [0.3, 0.4) is 0 Å². The van der Waals surface area contributed by atoms with E-state index >= 15 is 0 Å². The molecule has 0 fully saturated rings. The summed E-state index contributed by atoms with van der Waals surface area (Å²) in [6, 6.07) is -0.997. The van der Waals surface area contributed by atoms with Gasteiger partial charge in [0.05, 0.1) is 0 Å². The van der Waals surface area contributed by atoms with Crippen molar-refractivity contribution in [2.45, 2.75) is 207 Å². The van der Waals surface area contributed by atoms with Gasteiger partial charge >= 0.3 is 5.97 Å². The minimum atomic E-state index is -1.05. The molecule has 6 nitrogen and oxygen atoms in total. The van der Waals surface area contributed by atoms with Gasteiger partial charge in [-0.3, -0.25) is 9.59 Å². The number of hydrogen-bond acceptors (Lipinski definition) is 3. The highest BCUT2D eigenvalue weighted by Gasteiger charge is 2.22. The molecular weight excluding hydrogens is 536 g/mol. The molecule has 0 bridgehead atoms. The minimum Gasteiger partial charge on any atom is -0.480 e. The Labute approximate surface area is 266 Å². The third-order valence-corrected chi connectivity index (χ3v) is 8.70. The van der Waals surface area contributed by atoms with E-state index in [1.807, 2.05) is 4.90 Å². The average molecular weight is 609 g/mol. The van der Waals surface area contributed by atoms with Crippen molar-refractivity contribution in [1.82, 2.24) is 10.2 Å². The molecule has 0 radical (unpaired) electrons. The molecule has 254 valence electrons. The first-order valence-electron chi connectivity index (χ1n) is 18.8. The van der Waals surface area contributed by atoms with Crippen LogP contribution in [0.5, 0.6) is 0 Å². The van der Waals surface area contributed by atoms with Gasteiger partial charge in [0, 0.05) is 25.9 Å². The number of carbonyl (C=O) groups excluding carboxylic acids is 2. The van der Waals surface area contributed by atoms with Crippen molar-refractivity contribution in [2.24, 2.45) is 0 Å². The molecule has 2 N–H and O–H groups in total. The zero-order chi connectivity index (χ0) is 31.8. The van der Waals surface area contributed by atoms with Crippen molar-refractivity contribution < 1.29 is 19.5 Å². The van der Waals surface area contributed by atoms with Crippen molar-refractivity contribution in [3.63, 3.8) is 0 Å². The fourth-order valence-electron chi connectivity index (χ4n) is 5.78. The number of carbonyl (C=O) groups is 3. The maximum absolute atomic E-state index is 13.2. The second kappa shape index (κ2) is 31.8. The van der Waals surface area contributed by atoms with Crippen LogP contribution in [0.1, 0.15) is 201 Å². The molecule has 0 spiro atoms. The van der Waals surface area contributed by atoms with Gasteiger partial charge in [0.1, 0.15) is 6.04 Å². The smallest absolute Gasteiger partial charge is 0.326 e. The van der Waals surface area contributed by atoms with Crippen molar-refractivity contribution in [3.05, 3.63) is 0 Å². The van der Waals surface area contributed by atoms with E-state index in [4.69, 9.17) is 0 Å². The molecule has 0 unspecified atom stereocenters. The summed E-state index contributed by atoms with van der Waals surface area (Å²) in [5.41, 5.74) is 0. The fraction of sp³-hybridized carbons (Fsp3) is 0.919. The fourth-order valence-corrected chi connectivity index (χ4v) is 5.78. The lowest BCUT2D eigenvalue weighted by Gasteiger charge is -2.24. The lowest BCUT2D eigenvalue weighted by atomic mass is 10.1. The summed E-state index contributed by atoms with van der Waals surface area (Å²) < 4.78 is 0. The first-order valence-corrected chi connectivity index (χ1v) is 18.8. The predicted octanol–water partition coefficient (Wildman–Crippen LogP) is 10.4. The Morgan fingerprint density at radius 3 is 1.23 bits per heavy atom. The van der Waals surface area contributed by atoms with E-state index in [1.54, 1.807) is 0 Å². The molecule has 1 atom stereocenters. The van der Waals surface area contributed by atoms with Crippen LogP contribution in [0.25, 0.3) is 0 Å². The molecule has 0 aromatic carbocycles. The number of nitrogens with one attached hydrogen (secondary N) is 1. The van der Waals surface area contributed by atoms with Crippen LogP contribution in [0.2, 0.25) is 0 Å². The SMILES string of the molecule is CCCCCCCCCCCC(=O)N[C@@H](CCC(=O)N(CCCCCCCCCC)CCCCCCCCCC)C(=O)O. The van der Waals surface area contributed by atoms with Crippen LogP contribution in [0, 0.1) is 0 Å². The van der Waals surface area contributed by atoms with Crippen molar-refractivity contribution in [1.29, 1.82) is 0 Å². The van der Waals surface area contributed by atoms with E-state index < -0.39 is 12.0 Å². The number of aliphatic carboxylic acids is 1. The summed E-state index contributed by atoms with van der Waals surface area (Å²) in [6.45, 7) is 8.22. The van der Waals surface area contributed by atoms with Crippen molar-refractivity contribution in [3.8, 4) is 0 Å². The van der Waals surface area contributed by atoms with Gasteiger partial charge in [0.25, 0.3) is 0 Å². The monoisotopic (exact) mass is 609 g/mol. The lowest BCUT2D eigenvalue weighted by Crippen LogP contribution is -2.42. The first-order chi connectivity index (χ1) is 21.0. The second-order valence-electron chi connectivity index (χ2n) is 12.9. The second-order valence-corrected chi connectivity index (χ2v) is 12.9. The van der Waals surface area contributed by atoms with Gasteiger partial charge in [-0.15, -0.1) is 0 Å². The topological polar surface area (TPSA) is 86.7 Å². The third kappa shape index (κ3) is 27.7. The number of unbranched alkanes of at least 4 members (excludes halogenated alkanes) is 22. The predicted molar refractivity (Wildman–Crippen MR) is 182 cm³/mol. The van der Waals surface area contributed by atoms with E-state index in [1.165, 1.54) is 116 Å². The van der Waals surface area contributed by atoms with Gasteiger partial charge in [-0.05, 0) is 25.7 Å². The molecular formula is C37H72N2O4. The van der Waals surface area contributed by atoms with E-state index in [9.17, 15) is 19.5 Å². The van der Waals surface area contributed by atoms with Gasteiger partial charge in [0.15, 0.2) is 0 Å². The zero-order valence-electron chi connectivity index (χ0n) is 28.9. The van der Waals surface area contributed by atoms with Gasteiger partial charge in [-0.2, -0.15) is 0 Å². The molecule has 0 saturated heterocycles. The molecule has 0 aliphatic heterocycles. The van der Waals surface area contributed by atoms with E-state index in [-0.39, 0.29) is 24.7 Å². The summed E-state index contributed by atoms with van der Waals surface area (Å²) in [7, 11) is 0. The molecule has 0 aromatic heterocycles. The number of rotatable bonds is 33. The summed E-state index contributed by atoms with van der Waals surface area (Å²) in [4.78, 5) is 39.5. The number of hydrogen-bond donors (Lipinski definition) is 2. The molecule has 0 rings (SSSR count). The number of carboxylic acid groups (broad SMARTS) is 1. The van der Waals surface area contributed by atoms with E-state index in [2.05, 4.69) is 26.1 Å². The molecule has 2 amide bonds. The van der Waals surface area contributed by atoms with Crippen LogP contribution in [0.15, 0.2) is 0 Å². The lowest BCUT2D eigenvalue weighted by molar-refractivity contribution is -0.142. The minimum absolute atomic E-state index is 0.0327. The average Bonchev–Trinajstić information content (AvgIpc) is 2.99. The number of amides is 2. The van der Waals surface area contributed by atoms with Crippen molar-refractivity contribution in [2.75, 3.05) is 13.1 Å². The standard InChI is InChI=1S/C37H72N2O4/c1-4-7-10-13-16-19-20-23-26-29-35(40)38-34(37(42)43)30-31-36(41)39(32-27-24-21-17-14-11-8-5-2)33-28-25-22-18-15-12-9-6-3/h34H,4-33H2,1-3H3,(H,38,40)(H,42,43)/t34-/m0/s1. The molecule has 0 saturated carbocycles. The van der Waals surface area contributed by atoms with Crippen LogP contribution < -0.4 is 5.32 Å². The summed E-state index contributed by atoms with van der Waals surface area (Å²) in [6.07, 6.45) is 30.9. The number of carboxylic acids is 1. The maximum atomic E-state index is 13.2. The molecule has 0 aromatic rings. The van der Waals surface area contributed by atoms with Crippen LogP contribution in [0.4, 0.5) is 0 Å². The Morgan fingerprint density at radius 2 is 0.860 bits per heavy atom. The normalized spacial score (nSPS) is 11.9. The third-order valence-electron chi connectivity index (χ3n) is 8.70. The molecule has 0 aliphatic rings. The summed E-state index contributed by atoms with van der Waals surface area (Å²) in [5.74, 6) is -1.23. The first kappa shape index (κ1) is 41.4. The molecule has 43 heavy (non-hydrogen) atoms. The van der Waals surface area contributed by atoms with Gasteiger partial charge in [-0.1, -0.05) is 162 Å². The Kier molecular flexibility index (Phi) is 30.6. The molecule has 6 heteroatoms. The summed E-state index contributed by atoms with van der Waals surface area (Å²) in [5, 5.41) is 12.4. The Hall–Kier alpha value is -1.59. The molecule has 0 aliphatic carbocycles. The Bertz CT molecular complexity index is 635. The van der Waals surface area contributed by atoms with Crippen LogP contribution in [-0.4, -0.2) is 46.9 Å². The van der Waals surface area contributed by atoms with Gasteiger partial charge in [-0.25, -0.2) is 4.79 Å². The van der Waals surface area contributed by atoms with Crippen molar-refractivity contribution >= 4 is 17.8 Å². The number of nitrogens with zero attached hydrogens (tertiary/aromatic N) is 1. The highest BCUT2D eigenvalue weighted by Crippen LogP contribution is 2.14. The quantitative estimate of drug-likeness (QED) is 0.0726. The van der Waals surface area contributed by atoms with E-state index in [0.29, 0.717) is 6.42 Å². The Balaban J connectivity index is 4.51.